The number of nitrogens with zero attached hydrogens (tertiary/aromatic N) is 4. The summed E-state index contributed by atoms with van der Waals surface area (Å²) >= 11 is 0. The van der Waals surface area contributed by atoms with Crippen molar-refractivity contribution in [2.45, 2.75) is 45.1 Å². The van der Waals surface area contributed by atoms with Gasteiger partial charge in [-0.3, -0.25) is 14.5 Å². The molecule has 8 heteroatoms. The molecule has 4 heterocycles. The number of hydrogen-bond acceptors (Lipinski definition) is 6. The third kappa shape index (κ3) is 4.27. The monoisotopic (exact) mass is 485 g/mol. The van der Waals surface area contributed by atoms with Crippen LogP contribution >= 0.6 is 0 Å². The number of rotatable bonds is 7. The number of carbonyl (C=O) groups is 1. The van der Waals surface area contributed by atoms with Crippen molar-refractivity contribution in [3.8, 4) is 0 Å². The summed E-state index contributed by atoms with van der Waals surface area (Å²) in [5.41, 5.74) is 3.27. The van der Waals surface area contributed by atoms with Gasteiger partial charge in [0.05, 0.1) is 18.0 Å². The Hall–Kier alpha value is -3.62. The average Bonchev–Trinajstić information content (AvgIpc) is 3.10. The molecule has 5 atom stereocenters. The van der Waals surface area contributed by atoms with Crippen LogP contribution in [0, 0.1) is 11.8 Å². The van der Waals surface area contributed by atoms with Gasteiger partial charge in [-0.05, 0) is 31.5 Å². The summed E-state index contributed by atoms with van der Waals surface area (Å²) in [6.07, 6.45) is 8.68. The molecule has 1 saturated heterocycles. The summed E-state index contributed by atoms with van der Waals surface area (Å²) in [5.74, 6) is -0.964. The van der Waals surface area contributed by atoms with Crippen LogP contribution in [0.4, 0.5) is 0 Å². The number of allylic oxidation sites excluding steroid dienone is 1. The van der Waals surface area contributed by atoms with Crippen LogP contribution in [0.15, 0.2) is 72.1 Å². The predicted octanol–water partition coefficient (Wildman–Crippen LogP) is 2.71. The first kappa shape index (κ1) is 24.1. The highest BCUT2D eigenvalue weighted by molar-refractivity contribution is 5.81. The van der Waals surface area contributed by atoms with Crippen molar-refractivity contribution < 1.29 is 9.90 Å². The topological polar surface area (TPSA) is 100 Å². The van der Waals surface area contributed by atoms with E-state index in [1.54, 1.807) is 23.0 Å². The number of amides is 1. The maximum absolute atomic E-state index is 13.8. The molecule has 186 valence electrons. The van der Waals surface area contributed by atoms with E-state index in [9.17, 15) is 14.7 Å². The fraction of sp³-hybridized carbons (Fsp3) is 0.357. The third-order valence-electron chi connectivity index (χ3n) is 7.49. The largest absolute Gasteiger partial charge is 0.396 e. The minimum Gasteiger partial charge on any atom is -0.396 e. The van der Waals surface area contributed by atoms with Gasteiger partial charge >= 0.3 is 0 Å². The standard InChI is InChI=1S/C28H31N5O3/c1-3-7-21-10-11-23-26-25(27(35)31-18(2)20-8-5-4-6-9-20)22(16-34)24(15-33(23)28(21)36)32(26)14-19-12-29-17-30-13-19/h3-13,17-18,22,24-26,34H,14-16H2,1-2H3,(H,31,35)/b7-3-/t18-,22-,24-,25+,26+/m1/s1. The van der Waals surface area contributed by atoms with E-state index < -0.39 is 5.92 Å². The molecular weight excluding hydrogens is 454 g/mol. The molecule has 2 N–H and O–H groups in total. The van der Waals surface area contributed by atoms with Gasteiger partial charge in [-0.15, -0.1) is 0 Å². The molecule has 0 spiro atoms. The van der Waals surface area contributed by atoms with Crippen LogP contribution in [0.25, 0.3) is 6.08 Å². The Morgan fingerprint density at radius 3 is 2.64 bits per heavy atom. The molecule has 2 aromatic heterocycles. The molecule has 8 nitrogen and oxygen atoms in total. The lowest BCUT2D eigenvalue weighted by molar-refractivity contribution is -0.128. The Balaban J connectivity index is 1.55. The van der Waals surface area contributed by atoms with Gasteiger partial charge in [0, 0.05) is 60.9 Å². The Morgan fingerprint density at radius 1 is 1.19 bits per heavy atom. The number of aliphatic hydroxyl groups is 1. The zero-order chi connectivity index (χ0) is 25.2. The van der Waals surface area contributed by atoms with E-state index in [0.717, 1.165) is 16.8 Å². The van der Waals surface area contributed by atoms with Crippen LogP contribution in [0.5, 0.6) is 0 Å². The Morgan fingerprint density at radius 2 is 1.94 bits per heavy atom. The molecular formula is C28H31N5O3. The van der Waals surface area contributed by atoms with Crippen LogP contribution in [0.3, 0.4) is 0 Å². The Labute approximate surface area is 210 Å². The second kappa shape index (κ2) is 10.2. The molecule has 1 aromatic carbocycles. The van der Waals surface area contributed by atoms with Gasteiger partial charge < -0.3 is 15.0 Å². The van der Waals surface area contributed by atoms with Gasteiger partial charge in [0.2, 0.25) is 5.91 Å². The third-order valence-corrected chi connectivity index (χ3v) is 7.49. The molecule has 0 unspecified atom stereocenters. The van der Waals surface area contributed by atoms with Crippen molar-refractivity contribution in [3.63, 3.8) is 0 Å². The smallest absolute Gasteiger partial charge is 0.258 e. The van der Waals surface area contributed by atoms with E-state index in [2.05, 4.69) is 20.2 Å². The first-order valence-corrected chi connectivity index (χ1v) is 12.4. The number of carbonyl (C=O) groups excluding carboxylic acids is 1. The second-order valence-corrected chi connectivity index (χ2v) is 9.57. The predicted molar refractivity (Wildman–Crippen MR) is 137 cm³/mol. The van der Waals surface area contributed by atoms with Gasteiger partial charge in [-0.1, -0.05) is 42.5 Å². The van der Waals surface area contributed by atoms with Crippen molar-refractivity contribution in [1.82, 2.24) is 24.8 Å². The summed E-state index contributed by atoms with van der Waals surface area (Å²) in [6, 6.07) is 12.9. The van der Waals surface area contributed by atoms with E-state index in [0.29, 0.717) is 18.7 Å². The van der Waals surface area contributed by atoms with E-state index in [1.165, 1.54) is 6.33 Å². The normalized spacial score (nSPS) is 24.0. The molecule has 5 rings (SSSR count). The number of aromatic nitrogens is 3. The van der Waals surface area contributed by atoms with Crippen molar-refractivity contribution in [2.24, 2.45) is 11.8 Å². The zero-order valence-electron chi connectivity index (χ0n) is 20.5. The molecule has 0 saturated carbocycles. The van der Waals surface area contributed by atoms with E-state index in [1.807, 2.05) is 62.4 Å². The molecule has 0 aliphatic carbocycles. The van der Waals surface area contributed by atoms with Gasteiger partial charge in [-0.25, -0.2) is 9.97 Å². The van der Waals surface area contributed by atoms with Gasteiger partial charge in [0.25, 0.3) is 5.56 Å². The van der Waals surface area contributed by atoms with Crippen LogP contribution in [-0.4, -0.2) is 43.1 Å². The maximum Gasteiger partial charge on any atom is 0.258 e. The number of aliphatic hydroxyl groups excluding tert-OH is 1. The van der Waals surface area contributed by atoms with Gasteiger partial charge in [-0.2, -0.15) is 0 Å². The van der Waals surface area contributed by atoms with Crippen LogP contribution in [0.2, 0.25) is 0 Å². The molecule has 3 aromatic rings. The average molecular weight is 486 g/mol. The highest BCUT2D eigenvalue weighted by atomic mass is 16.3. The van der Waals surface area contributed by atoms with E-state index >= 15 is 0 Å². The molecule has 1 fully saturated rings. The number of fused-ring (bicyclic) bond motifs is 4. The van der Waals surface area contributed by atoms with Gasteiger partial charge in [0.15, 0.2) is 0 Å². The summed E-state index contributed by atoms with van der Waals surface area (Å²) in [6.45, 7) is 4.63. The molecule has 1 amide bonds. The van der Waals surface area contributed by atoms with E-state index in [-0.39, 0.29) is 42.1 Å². The first-order valence-electron chi connectivity index (χ1n) is 12.4. The summed E-state index contributed by atoms with van der Waals surface area (Å²) < 4.78 is 1.79. The van der Waals surface area contributed by atoms with Crippen LogP contribution in [-0.2, 0) is 17.9 Å². The maximum atomic E-state index is 13.8. The van der Waals surface area contributed by atoms with Crippen molar-refractivity contribution in [2.75, 3.05) is 6.61 Å². The fourth-order valence-corrected chi connectivity index (χ4v) is 5.82. The molecule has 0 radical (unpaired) electrons. The minimum absolute atomic E-state index is 0.0707. The lowest BCUT2D eigenvalue weighted by Crippen LogP contribution is -2.46. The number of pyridine rings is 1. The lowest BCUT2D eigenvalue weighted by atomic mass is 9.86. The fourth-order valence-electron chi connectivity index (χ4n) is 5.82. The first-order chi connectivity index (χ1) is 17.5. The Bertz CT molecular complexity index is 1310. The number of hydrogen-bond donors (Lipinski definition) is 2. The second-order valence-electron chi connectivity index (χ2n) is 9.57. The van der Waals surface area contributed by atoms with Crippen LogP contribution in [0.1, 0.15) is 48.3 Å². The highest BCUT2D eigenvalue weighted by Gasteiger charge is 2.55. The van der Waals surface area contributed by atoms with Crippen LogP contribution < -0.4 is 10.9 Å². The van der Waals surface area contributed by atoms with Crippen molar-refractivity contribution in [3.05, 3.63) is 100.0 Å². The summed E-state index contributed by atoms with van der Waals surface area (Å²) in [7, 11) is 0. The number of nitrogens with one attached hydrogen (secondary N) is 1. The Kier molecular flexibility index (Phi) is 6.80. The number of benzene rings is 1. The summed E-state index contributed by atoms with van der Waals surface area (Å²) in [5, 5.41) is 13.7. The molecule has 2 aliphatic heterocycles. The van der Waals surface area contributed by atoms with Gasteiger partial charge in [0.1, 0.15) is 6.33 Å². The summed E-state index contributed by atoms with van der Waals surface area (Å²) in [4.78, 5) is 37.7. The molecule has 36 heavy (non-hydrogen) atoms. The lowest BCUT2D eigenvalue weighted by Gasteiger charge is -2.38. The van der Waals surface area contributed by atoms with Crippen molar-refractivity contribution >= 4 is 12.0 Å². The van der Waals surface area contributed by atoms with E-state index in [4.69, 9.17) is 0 Å². The zero-order valence-corrected chi connectivity index (χ0v) is 20.5. The molecule has 2 bridgehead atoms. The molecule has 2 aliphatic rings. The highest BCUT2D eigenvalue weighted by Crippen LogP contribution is 2.49. The minimum atomic E-state index is -0.517. The van der Waals surface area contributed by atoms with Crippen molar-refractivity contribution in [1.29, 1.82) is 0 Å². The quantitative estimate of drug-likeness (QED) is 0.534. The SMILES string of the molecule is C/C=C\c1ccc2n(c1=O)C[C@@H]1[C@@H](CO)[C@H](C(=O)N[C@H](C)c3ccccc3)[C@H]2N1Cc1cncnc1.